The van der Waals surface area contributed by atoms with Gasteiger partial charge in [-0.15, -0.1) is 16.4 Å². The fraction of sp³-hybridized carbons (Fsp3) is 0.304. The number of alkyl halides is 4. The summed E-state index contributed by atoms with van der Waals surface area (Å²) in [5.41, 5.74) is 5.23. The van der Waals surface area contributed by atoms with E-state index in [0.29, 0.717) is 5.69 Å². The van der Waals surface area contributed by atoms with Gasteiger partial charge in [0.05, 0.1) is 42.8 Å². The van der Waals surface area contributed by atoms with Crippen LogP contribution in [0.25, 0.3) is 4.96 Å². The second-order valence-corrected chi connectivity index (χ2v) is 9.63. The van der Waals surface area contributed by atoms with Gasteiger partial charge in [0, 0.05) is 36.7 Å². The van der Waals surface area contributed by atoms with Gasteiger partial charge >= 0.3 is 6.18 Å². The van der Waals surface area contributed by atoms with Crippen LogP contribution in [0.15, 0.2) is 54.2 Å². The van der Waals surface area contributed by atoms with Crippen LogP contribution in [0.4, 0.5) is 17.6 Å². The Morgan fingerprint density at radius 1 is 1.20 bits per heavy atom. The number of hydrogen-bond acceptors (Lipinski definition) is 10. The van der Waals surface area contributed by atoms with Gasteiger partial charge in [-0.3, -0.25) is 19.0 Å². The predicted molar refractivity (Wildman–Crippen MR) is 138 cm³/mol. The monoisotopic (exact) mass is 595 g/mol. The Labute approximate surface area is 233 Å². The second kappa shape index (κ2) is 12.7. The first kappa shape index (κ1) is 29.4. The van der Waals surface area contributed by atoms with E-state index in [2.05, 4.69) is 30.9 Å². The van der Waals surface area contributed by atoms with Crippen molar-refractivity contribution in [1.82, 2.24) is 45.0 Å². The lowest BCUT2D eigenvalue weighted by Crippen LogP contribution is -2.34. The molecule has 2 amide bonds. The van der Waals surface area contributed by atoms with Crippen LogP contribution in [0.5, 0.6) is 0 Å². The fourth-order valence-corrected chi connectivity index (χ4v) is 4.24. The largest absolute Gasteiger partial charge is 0.416 e. The zero-order valence-corrected chi connectivity index (χ0v) is 22.1. The summed E-state index contributed by atoms with van der Waals surface area (Å²) in [5.74, 6) is 4.54. The van der Waals surface area contributed by atoms with E-state index in [1.54, 1.807) is 6.20 Å². The average Bonchev–Trinajstić information content (AvgIpc) is 3.66. The van der Waals surface area contributed by atoms with Gasteiger partial charge < -0.3 is 21.4 Å². The Morgan fingerprint density at radius 2 is 1.98 bits per heavy atom. The molecule has 0 aliphatic heterocycles. The zero-order valence-electron chi connectivity index (χ0n) is 21.3. The Bertz CT molecular complexity index is 1500. The maximum Gasteiger partial charge on any atom is 0.416 e. The number of hydrogen-bond donors (Lipinski definition) is 4. The summed E-state index contributed by atoms with van der Waals surface area (Å²) in [6.45, 7) is -0.340. The first-order chi connectivity index (χ1) is 19.5. The number of aromatic nitrogens is 6. The molecule has 4 heterocycles. The molecule has 4 aromatic heterocycles. The summed E-state index contributed by atoms with van der Waals surface area (Å²) < 4.78 is 55.9. The third-order valence-electron chi connectivity index (χ3n) is 5.57. The van der Waals surface area contributed by atoms with Gasteiger partial charge in [-0.25, -0.2) is 19.9 Å². The molecule has 0 radical (unpaired) electrons. The number of halogens is 4. The van der Waals surface area contributed by atoms with Gasteiger partial charge in [0.1, 0.15) is 11.9 Å². The van der Waals surface area contributed by atoms with Gasteiger partial charge in [0.25, 0.3) is 11.8 Å². The lowest BCUT2D eigenvalue weighted by molar-refractivity contribution is -0.137. The molecule has 218 valence electrons. The molecule has 0 aliphatic carbocycles. The van der Waals surface area contributed by atoms with Gasteiger partial charge in [-0.1, -0.05) is 5.21 Å². The van der Waals surface area contributed by atoms with Crippen molar-refractivity contribution in [2.75, 3.05) is 6.54 Å². The first-order valence-electron chi connectivity index (χ1n) is 12.0. The maximum atomic E-state index is 14.5. The number of thiazole rings is 1. The lowest BCUT2D eigenvalue weighted by atomic mass is 10.2. The SMILES string of the molecule is N/C(=C\N(N)CCC(F)Cn1cc(C(=O)NCc2cc(C(F)(F)F)ccn2)nn1)C(=O)NCc1cn2ccsc2n1. The van der Waals surface area contributed by atoms with E-state index >= 15 is 0 Å². The highest BCUT2D eigenvalue weighted by Crippen LogP contribution is 2.29. The molecule has 1 unspecified atom stereocenters. The Kier molecular flexibility index (Phi) is 9.13. The van der Waals surface area contributed by atoms with Gasteiger partial charge in [-0.05, 0) is 18.6 Å². The molecule has 18 heteroatoms. The van der Waals surface area contributed by atoms with Crippen molar-refractivity contribution in [2.45, 2.75) is 38.4 Å². The van der Waals surface area contributed by atoms with E-state index in [1.165, 1.54) is 23.7 Å². The highest BCUT2D eigenvalue weighted by molar-refractivity contribution is 7.15. The van der Waals surface area contributed by atoms with Crippen molar-refractivity contribution in [3.8, 4) is 0 Å². The molecule has 1 atom stereocenters. The summed E-state index contributed by atoms with van der Waals surface area (Å²) in [5, 5.41) is 15.4. The number of nitrogens with two attached hydrogens (primary N) is 2. The van der Waals surface area contributed by atoms with Crippen LogP contribution in [0, 0.1) is 0 Å². The van der Waals surface area contributed by atoms with Crippen molar-refractivity contribution in [2.24, 2.45) is 11.6 Å². The van der Waals surface area contributed by atoms with Crippen molar-refractivity contribution >= 4 is 28.1 Å². The number of nitrogens with one attached hydrogen (secondary N) is 2. The minimum atomic E-state index is -4.54. The number of fused-ring (bicyclic) bond motifs is 1. The summed E-state index contributed by atoms with van der Waals surface area (Å²) in [7, 11) is 0. The summed E-state index contributed by atoms with van der Waals surface area (Å²) in [6, 6.07) is 1.65. The smallest absolute Gasteiger partial charge is 0.393 e. The van der Waals surface area contributed by atoms with E-state index in [1.807, 2.05) is 16.0 Å². The molecule has 4 rings (SSSR count). The zero-order chi connectivity index (χ0) is 29.6. The van der Waals surface area contributed by atoms with Crippen LogP contribution in [-0.4, -0.2) is 58.9 Å². The third-order valence-corrected chi connectivity index (χ3v) is 6.34. The van der Waals surface area contributed by atoms with Crippen LogP contribution in [0.1, 0.15) is 33.9 Å². The lowest BCUT2D eigenvalue weighted by Gasteiger charge is -2.16. The van der Waals surface area contributed by atoms with E-state index in [0.717, 1.165) is 33.0 Å². The Morgan fingerprint density at radius 3 is 2.73 bits per heavy atom. The van der Waals surface area contributed by atoms with Crippen molar-refractivity contribution < 1.29 is 27.2 Å². The summed E-state index contributed by atoms with van der Waals surface area (Å²) in [4.78, 5) is 33.5. The van der Waals surface area contributed by atoms with E-state index in [-0.39, 0.29) is 49.7 Å². The second-order valence-electron chi connectivity index (χ2n) is 8.76. The predicted octanol–water partition coefficient (Wildman–Crippen LogP) is 1.35. The Hall–Kier alpha value is -4.58. The molecular formula is C23H25F4N11O2S. The normalized spacial score (nSPS) is 12.9. The fourth-order valence-electron chi connectivity index (χ4n) is 3.52. The van der Waals surface area contributed by atoms with Crippen molar-refractivity contribution in [3.05, 3.63) is 76.8 Å². The standard InChI is InChI=1S/C23H25F4N11O2S/c24-15(2-4-37(29)12-18(28)20(39)31-9-17-11-36-5-6-41-22(36)33-17)10-38-13-19(34-35-38)21(40)32-8-16-7-14(1-3-30-16)23(25,26)27/h1,3,5-7,11-13,15H,2,4,8-10,28-29H2,(H,31,39)(H,32,40)/b18-12-. The molecule has 0 aliphatic rings. The minimum absolute atomic E-state index is 0.000784. The Balaban J connectivity index is 1.18. The van der Waals surface area contributed by atoms with Crippen molar-refractivity contribution in [3.63, 3.8) is 0 Å². The summed E-state index contributed by atoms with van der Waals surface area (Å²) in [6.07, 6.45) is 0.978. The van der Waals surface area contributed by atoms with Gasteiger partial charge in [0.2, 0.25) is 0 Å². The number of nitrogens with zero attached hydrogens (tertiary/aromatic N) is 7. The minimum Gasteiger partial charge on any atom is -0.393 e. The molecule has 41 heavy (non-hydrogen) atoms. The van der Waals surface area contributed by atoms with Crippen LogP contribution in [0.3, 0.4) is 0 Å². The number of carbonyl (C=O) groups excluding carboxylic acids is 2. The first-order valence-corrected chi connectivity index (χ1v) is 12.9. The molecular weight excluding hydrogens is 570 g/mol. The number of carbonyl (C=O) groups is 2. The van der Waals surface area contributed by atoms with E-state index in [4.69, 9.17) is 11.6 Å². The molecule has 0 spiro atoms. The molecule has 0 aromatic carbocycles. The van der Waals surface area contributed by atoms with Gasteiger partial charge in [-0.2, -0.15) is 13.2 Å². The topological polar surface area (TPSA) is 174 Å². The number of amides is 2. The average molecular weight is 596 g/mol. The number of rotatable bonds is 12. The molecule has 13 nitrogen and oxygen atoms in total. The van der Waals surface area contributed by atoms with Crippen LogP contribution < -0.4 is 22.2 Å². The van der Waals surface area contributed by atoms with Crippen molar-refractivity contribution in [1.29, 1.82) is 0 Å². The summed E-state index contributed by atoms with van der Waals surface area (Å²) >= 11 is 1.46. The van der Waals surface area contributed by atoms with Crippen LogP contribution in [-0.2, 0) is 30.6 Å². The molecule has 0 bridgehead atoms. The quantitative estimate of drug-likeness (QED) is 0.0816. The molecule has 6 N–H and O–H groups in total. The third kappa shape index (κ3) is 8.21. The molecule has 0 saturated heterocycles. The maximum absolute atomic E-state index is 14.5. The van der Waals surface area contributed by atoms with E-state index < -0.39 is 29.7 Å². The van der Waals surface area contributed by atoms with Crippen LogP contribution in [0.2, 0.25) is 0 Å². The highest BCUT2D eigenvalue weighted by Gasteiger charge is 2.30. The van der Waals surface area contributed by atoms with E-state index in [9.17, 15) is 27.2 Å². The van der Waals surface area contributed by atoms with Crippen LogP contribution >= 0.6 is 11.3 Å². The number of imidazole rings is 1. The molecule has 4 aromatic rings. The highest BCUT2D eigenvalue weighted by atomic mass is 32.1. The molecule has 0 fully saturated rings. The number of pyridine rings is 1. The molecule has 0 saturated carbocycles. The number of hydrazine groups is 1. The van der Waals surface area contributed by atoms with Gasteiger partial charge in [0.15, 0.2) is 10.7 Å².